The van der Waals surface area contributed by atoms with Gasteiger partial charge in [0.15, 0.2) is 11.6 Å². The first-order valence-corrected chi connectivity index (χ1v) is 8.58. The number of carbonyl (C=O) groups is 1. The van der Waals surface area contributed by atoms with Gasteiger partial charge in [-0.2, -0.15) is 0 Å². The summed E-state index contributed by atoms with van der Waals surface area (Å²) < 4.78 is 5.58. The molecule has 0 radical (unpaired) electrons. The van der Waals surface area contributed by atoms with E-state index >= 15 is 0 Å². The molecule has 4 fully saturated rings. The lowest BCUT2D eigenvalue weighted by Gasteiger charge is -2.55. The van der Waals surface area contributed by atoms with E-state index in [1.807, 2.05) is 19.1 Å². The van der Waals surface area contributed by atoms with Crippen LogP contribution in [0.4, 0.5) is 5.82 Å². The Hall–Kier alpha value is -1.58. The molecule has 5 rings (SSSR count). The van der Waals surface area contributed by atoms with Crippen molar-refractivity contribution >= 4 is 11.7 Å². The van der Waals surface area contributed by atoms with Crippen molar-refractivity contribution in [3.05, 3.63) is 18.3 Å². The quantitative estimate of drug-likeness (QED) is 0.923. The Balaban J connectivity index is 1.55. The Labute approximate surface area is 131 Å². The molecule has 4 aliphatic carbocycles. The molecule has 0 aliphatic heterocycles. The van der Waals surface area contributed by atoms with Crippen LogP contribution in [0, 0.1) is 23.2 Å². The third-order valence-electron chi connectivity index (χ3n) is 5.82. The zero-order valence-corrected chi connectivity index (χ0v) is 13.2. The normalized spacial score (nSPS) is 35.4. The van der Waals surface area contributed by atoms with Crippen LogP contribution in [0.25, 0.3) is 0 Å². The predicted octanol–water partition coefficient (Wildman–Crippen LogP) is 3.64. The smallest absolute Gasteiger partial charge is 0.231 e. The molecule has 22 heavy (non-hydrogen) atoms. The highest BCUT2D eigenvalue weighted by Gasteiger charge is 2.54. The van der Waals surface area contributed by atoms with Crippen molar-refractivity contribution in [1.29, 1.82) is 0 Å². The number of hydrogen-bond donors (Lipinski definition) is 1. The lowest BCUT2D eigenvalue weighted by atomic mass is 9.49. The fourth-order valence-electron chi connectivity index (χ4n) is 5.39. The number of rotatable bonds is 4. The number of hydrogen-bond acceptors (Lipinski definition) is 3. The van der Waals surface area contributed by atoms with E-state index < -0.39 is 0 Å². The zero-order valence-electron chi connectivity index (χ0n) is 13.2. The molecule has 0 unspecified atom stereocenters. The Morgan fingerprint density at radius 1 is 1.27 bits per heavy atom. The number of amides is 1. The summed E-state index contributed by atoms with van der Waals surface area (Å²) in [5, 5.41) is 3.08. The van der Waals surface area contributed by atoms with Crippen LogP contribution in [0.1, 0.15) is 45.4 Å². The maximum Gasteiger partial charge on any atom is 0.231 e. The molecule has 1 aromatic rings. The van der Waals surface area contributed by atoms with Gasteiger partial charge in [-0.1, -0.05) is 0 Å². The Bertz CT molecular complexity index is 549. The lowest BCUT2D eigenvalue weighted by molar-refractivity contribution is -0.140. The van der Waals surface area contributed by atoms with Crippen molar-refractivity contribution in [2.75, 3.05) is 11.9 Å². The van der Waals surface area contributed by atoms with Gasteiger partial charge in [0.2, 0.25) is 5.91 Å². The second kappa shape index (κ2) is 5.25. The van der Waals surface area contributed by atoms with E-state index in [4.69, 9.17) is 4.74 Å². The fraction of sp³-hybridized carbons (Fsp3) is 0.667. The molecule has 4 nitrogen and oxygen atoms in total. The standard InChI is InChI=1S/C18H24N2O2/c1-2-22-15-4-3-5-19-16(15)20-17(21)18-9-12-6-13(10-18)8-14(7-12)11-18/h3-5,12-14H,2,6-11H2,1H3,(H,19,20,21). The molecular formula is C18H24N2O2. The number of ether oxygens (including phenoxy) is 1. The van der Waals surface area contributed by atoms with Gasteiger partial charge in [0.05, 0.1) is 12.0 Å². The highest BCUT2D eigenvalue weighted by atomic mass is 16.5. The second-order valence-electron chi connectivity index (χ2n) is 7.44. The lowest BCUT2D eigenvalue weighted by Crippen LogP contribution is -2.51. The Morgan fingerprint density at radius 3 is 2.50 bits per heavy atom. The van der Waals surface area contributed by atoms with Gasteiger partial charge in [-0.25, -0.2) is 4.98 Å². The number of pyridine rings is 1. The summed E-state index contributed by atoms with van der Waals surface area (Å²) in [6.07, 6.45) is 8.96. The van der Waals surface area contributed by atoms with Crippen LogP contribution in [0.5, 0.6) is 5.75 Å². The molecule has 0 atom stereocenters. The van der Waals surface area contributed by atoms with Crippen molar-refractivity contribution in [2.24, 2.45) is 23.2 Å². The molecule has 1 N–H and O–H groups in total. The molecular weight excluding hydrogens is 276 g/mol. The minimum absolute atomic E-state index is 0.143. The third kappa shape index (κ3) is 2.29. The highest BCUT2D eigenvalue weighted by molar-refractivity contribution is 5.96. The molecule has 1 aromatic heterocycles. The molecule has 4 heteroatoms. The molecule has 1 heterocycles. The highest BCUT2D eigenvalue weighted by Crippen LogP contribution is 2.60. The van der Waals surface area contributed by atoms with E-state index in [9.17, 15) is 4.79 Å². The van der Waals surface area contributed by atoms with Gasteiger partial charge < -0.3 is 10.1 Å². The summed E-state index contributed by atoms with van der Waals surface area (Å²) >= 11 is 0. The van der Waals surface area contributed by atoms with Crippen LogP contribution in [0.2, 0.25) is 0 Å². The zero-order chi connectivity index (χ0) is 15.2. The third-order valence-corrected chi connectivity index (χ3v) is 5.82. The second-order valence-corrected chi connectivity index (χ2v) is 7.44. The maximum atomic E-state index is 13.0. The van der Waals surface area contributed by atoms with Crippen molar-refractivity contribution in [3.8, 4) is 5.75 Å². The van der Waals surface area contributed by atoms with E-state index in [1.165, 1.54) is 19.3 Å². The van der Waals surface area contributed by atoms with Crippen LogP contribution in [-0.4, -0.2) is 17.5 Å². The minimum atomic E-state index is -0.143. The molecule has 4 aliphatic rings. The molecule has 118 valence electrons. The van der Waals surface area contributed by atoms with Crippen LogP contribution in [0.15, 0.2) is 18.3 Å². The summed E-state index contributed by atoms with van der Waals surface area (Å²) in [5.74, 6) is 3.73. The minimum Gasteiger partial charge on any atom is -0.490 e. The topological polar surface area (TPSA) is 51.2 Å². The van der Waals surface area contributed by atoms with Gasteiger partial charge in [-0.15, -0.1) is 0 Å². The number of carbonyl (C=O) groups excluding carboxylic acids is 1. The van der Waals surface area contributed by atoms with Gasteiger partial charge in [-0.3, -0.25) is 4.79 Å². The van der Waals surface area contributed by atoms with Crippen LogP contribution >= 0.6 is 0 Å². The first-order valence-electron chi connectivity index (χ1n) is 8.58. The summed E-state index contributed by atoms with van der Waals surface area (Å²) in [6.45, 7) is 2.52. The van der Waals surface area contributed by atoms with E-state index in [-0.39, 0.29) is 11.3 Å². The summed E-state index contributed by atoms with van der Waals surface area (Å²) in [4.78, 5) is 17.3. The Kier molecular flexibility index (Phi) is 3.35. The largest absolute Gasteiger partial charge is 0.490 e. The van der Waals surface area contributed by atoms with Gasteiger partial charge in [0.25, 0.3) is 0 Å². The summed E-state index contributed by atoms with van der Waals surface area (Å²) in [6, 6.07) is 3.71. The van der Waals surface area contributed by atoms with Gasteiger partial charge >= 0.3 is 0 Å². The van der Waals surface area contributed by atoms with Crippen LogP contribution in [-0.2, 0) is 4.79 Å². The number of nitrogens with zero attached hydrogens (tertiary/aromatic N) is 1. The average molecular weight is 300 g/mol. The van der Waals surface area contributed by atoms with E-state index in [0.29, 0.717) is 18.2 Å². The predicted molar refractivity (Wildman–Crippen MR) is 84.6 cm³/mol. The van der Waals surface area contributed by atoms with Gasteiger partial charge in [-0.05, 0) is 75.3 Å². The van der Waals surface area contributed by atoms with Crippen LogP contribution < -0.4 is 10.1 Å². The van der Waals surface area contributed by atoms with Crippen molar-refractivity contribution in [3.63, 3.8) is 0 Å². The maximum absolute atomic E-state index is 13.0. The Morgan fingerprint density at radius 2 is 1.91 bits per heavy atom. The number of nitrogens with one attached hydrogen (secondary N) is 1. The first kappa shape index (κ1) is 14.0. The number of anilines is 1. The van der Waals surface area contributed by atoms with Gasteiger partial charge in [0, 0.05) is 6.20 Å². The van der Waals surface area contributed by atoms with Crippen LogP contribution in [0.3, 0.4) is 0 Å². The molecule has 0 saturated heterocycles. The molecule has 4 bridgehead atoms. The summed E-state index contributed by atoms with van der Waals surface area (Å²) in [7, 11) is 0. The SMILES string of the molecule is CCOc1cccnc1NC(=O)C12CC3CC(CC(C3)C1)C2. The van der Waals surface area contributed by atoms with E-state index in [2.05, 4.69) is 10.3 Å². The van der Waals surface area contributed by atoms with Crippen molar-refractivity contribution < 1.29 is 9.53 Å². The first-order chi connectivity index (χ1) is 10.7. The molecule has 0 spiro atoms. The van der Waals surface area contributed by atoms with Crippen molar-refractivity contribution in [1.82, 2.24) is 4.98 Å². The average Bonchev–Trinajstić information content (AvgIpc) is 2.48. The summed E-state index contributed by atoms with van der Waals surface area (Å²) in [5.41, 5.74) is -0.143. The molecule has 1 amide bonds. The molecule has 0 aromatic carbocycles. The van der Waals surface area contributed by atoms with Crippen molar-refractivity contribution in [2.45, 2.75) is 45.4 Å². The van der Waals surface area contributed by atoms with E-state index in [0.717, 1.165) is 37.0 Å². The van der Waals surface area contributed by atoms with Gasteiger partial charge in [0.1, 0.15) is 0 Å². The molecule has 4 saturated carbocycles. The monoisotopic (exact) mass is 300 g/mol. The number of aromatic nitrogens is 1. The van der Waals surface area contributed by atoms with E-state index in [1.54, 1.807) is 6.20 Å². The fourth-order valence-corrected chi connectivity index (χ4v) is 5.39.